The van der Waals surface area contributed by atoms with Crippen LogP contribution >= 0.6 is 11.3 Å². The van der Waals surface area contributed by atoms with Crippen molar-refractivity contribution in [3.05, 3.63) is 40.7 Å². The molecule has 2 aromatic rings. The lowest BCUT2D eigenvalue weighted by molar-refractivity contribution is -0.0765. The molecule has 0 atom stereocenters. The molecule has 1 aliphatic heterocycles. The number of nitrogens with zero attached hydrogens (tertiary/aromatic N) is 2. The first kappa shape index (κ1) is 11.4. The normalized spacial score (nSPS) is 16.8. The number of hydrogen-bond donors (Lipinski definition) is 0. The minimum atomic E-state index is -0.341. The molecule has 3 rings (SSSR count). The first-order chi connectivity index (χ1) is 8.81. The maximum Gasteiger partial charge on any atom is 0.110 e. The number of thiazole rings is 1. The number of nitriles is 1. The molecule has 0 amide bonds. The summed E-state index contributed by atoms with van der Waals surface area (Å²) >= 11 is 1.62. The summed E-state index contributed by atoms with van der Waals surface area (Å²) in [6.07, 6.45) is 0.695. The van der Waals surface area contributed by atoms with Crippen LogP contribution in [0.4, 0.5) is 0 Å². The van der Waals surface area contributed by atoms with E-state index < -0.39 is 0 Å². The van der Waals surface area contributed by atoms with Crippen LogP contribution < -0.4 is 0 Å². The van der Waals surface area contributed by atoms with E-state index in [1.165, 1.54) is 0 Å². The van der Waals surface area contributed by atoms with Gasteiger partial charge in [-0.05, 0) is 0 Å². The van der Waals surface area contributed by atoms with Gasteiger partial charge in [0.1, 0.15) is 5.41 Å². The molecule has 1 fully saturated rings. The molecule has 0 bridgehead atoms. The van der Waals surface area contributed by atoms with E-state index in [4.69, 9.17) is 10.00 Å². The van der Waals surface area contributed by atoms with Crippen LogP contribution in [0.15, 0.2) is 35.7 Å². The highest BCUT2D eigenvalue weighted by Gasteiger charge is 2.39. The molecule has 1 aliphatic rings. The van der Waals surface area contributed by atoms with Gasteiger partial charge in [0.15, 0.2) is 0 Å². The third-order valence-electron chi connectivity index (χ3n) is 3.10. The first-order valence-corrected chi connectivity index (χ1v) is 6.68. The number of ether oxygens (including phenoxy) is 1. The van der Waals surface area contributed by atoms with Crippen LogP contribution in [0.5, 0.6) is 0 Å². The van der Waals surface area contributed by atoms with Crippen molar-refractivity contribution in [3.8, 4) is 17.3 Å². The van der Waals surface area contributed by atoms with Crippen molar-refractivity contribution in [3.63, 3.8) is 0 Å². The van der Waals surface area contributed by atoms with E-state index >= 15 is 0 Å². The van der Waals surface area contributed by atoms with Gasteiger partial charge < -0.3 is 4.74 Å². The highest BCUT2D eigenvalue weighted by molar-refractivity contribution is 7.09. The predicted molar refractivity (Wildman–Crippen MR) is 70.1 cm³/mol. The van der Waals surface area contributed by atoms with Crippen molar-refractivity contribution in [2.75, 3.05) is 13.2 Å². The second-order valence-corrected chi connectivity index (χ2v) is 5.50. The van der Waals surface area contributed by atoms with Crippen molar-refractivity contribution >= 4 is 11.3 Å². The molecule has 1 saturated heterocycles. The Morgan fingerprint density at radius 3 is 2.72 bits per heavy atom. The van der Waals surface area contributed by atoms with Crippen molar-refractivity contribution < 1.29 is 4.74 Å². The molecule has 0 saturated carbocycles. The van der Waals surface area contributed by atoms with Crippen molar-refractivity contribution in [1.82, 2.24) is 4.98 Å². The number of rotatable bonds is 3. The lowest BCUT2D eigenvalue weighted by Gasteiger charge is -2.34. The van der Waals surface area contributed by atoms with E-state index in [0.29, 0.717) is 19.6 Å². The summed E-state index contributed by atoms with van der Waals surface area (Å²) in [4.78, 5) is 4.61. The summed E-state index contributed by atoms with van der Waals surface area (Å²) in [6.45, 7) is 1.06. The number of benzene rings is 1. The smallest absolute Gasteiger partial charge is 0.110 e. The van der Waals surface area contributed by atoms with Gasteiger partial charge in [0.05, 0.1) is 30.0 Å². The number of hydrogen-bond acceptors (Lipinski definition) is 4. The summed E-state index contributed by atoms with van der Waals surface area (Å²) in [6, 6.07) is 12.5. The molecule has 3 nitrogen and oxygen atoms in total. The topological polar surface area (TPSA) is 45.9 Å². The Morgan fingerprint density at radius 2 is 2.11 bits per heavy atom. The van der Waals surface area contributed by atoms with Crippen LogP contribution in [0.3, 0.4) is 0 Å². The standard InChI is InChI=1S/C14H12N2OS/c15-8-14(9-17-10-14)6-13-16-12(7-18-13)11-4-2-1-3-5-11/h1-5,7H,6,9-10H2. The monoisotopic (exact) mass is 256 g/mol. The molecule has 1 aromatic carbocycles. The van der Waals surface area contributed by atoms with Gasteiger partial charge in [-0.25, -0.2) is 4.98 Å². The Hall–Kier alpha value is -1.70. The average Bonchev–Trinajstić information content (AvgIpc) is 2.83. The van der Waals surface area contributed by atoms with Gasteiger partial charge >= 0.3 is 0 Å². The minimum absolute atomic E-state index is 0.341. The van der Waals surface area contributed by atoms with Gasteiger partial charge in [-0.3, -0.25) is 0 Å². The highest BCUT2D eigenvalue weighted by atomic mass is 32.1. The second kappa shape index (κ2) is 4.52. The average molecular weight is 256 g/mol. The second-order valence-electron chi connectivity index (χ2n) is 4.55. The maximum atomic E-state index is 9.17. The van der Waals surface area contributed by atoms with Gasteiger partial charge in [0.2, 0.25) is 0 Å². The molecular formula is C14H12N2OS. The molecule has 0 radical (unpaired) electrons. The lowest BCUT2D eigenvalue weighted by atomic mass is 9.84. The van der Waals surface area contributed by atoms with Crippen LogP contribution in [-0.4, -0.2) is 18.2 Å². The van der Waals surface area contributed by atoms with Gasteiger partial charge in [-0.1, -0.05) is 30.3 Å². The summed E-state index contributed by atoms with van der Waals surface area (Å²) in [5, 5.41) is 12.2. The molecular weight excluding hydrogens is 244 g/mol. The highest BCUT2D eigenvalue weighted by Crippen LogP contribution is 2.33. The molecule has 0 unspecified atom stereocenters. The quantitative estimate of drug-likeness (QED) is 0.848. The van der Waals surface area contributed by atoms with E-state index in [1.54, 1.807) is 11.3 Å². The third kappa shape index (κ3) is 2.03. The Kier molecular flexibility index (Phi) is 2.86. The Balaban J connectivity index is 1.80. The molecule has 90 valence electrons. The molecule has 1 aromatic heterocycles. The van der Waals surface area contributed by atoms with Gasteiger partial charge in [0, 0.05) is 17.4 Å². The molecule has 0 spiro atoms. The van der Waals surface area contributed by atoms with Gasteiger partial charge in [0.25, 0.3) is 0 Å². The van der Waals surface area contributed by atoms with Gasteiger partial charge in [-0.2, -0.15) is 5.26 Å². The largest absolute Gasteiger partial charge is 0.378 e. The van der Waals surface area contributed by atoms with Crippen LogP contribution in [0.25, 0.3) is 11.3 Å². The molecule has 2 heterocycles. The van der Waals surface area contributed by atoms with E-state index in [9.17, 15) is 0 Å². The lowest BCUT2D eigenvalue weighted by Crippen LogP contribution is -2.43. The van der Waals surface area contributed by atoms with Crippen molar-refractivity contribution in [2.45, 2.75) is 6.42 Å². The molecule has 4 heteroatoms. The van der Waals surface area contributed by atoms with E-state index in [0.717, 1.165) is 16.3 Å². The SMILES string of the molecule is N#CC1(Cc2nc(-c3ccccc3)cs2)COC1. The van der Waals surface area contributed by atoms with E-state index in [2.05, 4.69) is 16.4 Å². The summed E-state index contributed by atoms with van der Waals surface area (Å²) in [7, 11) is 0. The number of aromatic nitrogens is 1. The first-order valence-electron chi connectivity index (χ1n) is 5.80. The van der Waals surface area contributed by atoms with Crippen LogP contribution in [0, 0.1) is 16.7 Å². The zero-order chi connectivity index (χ0) is 12.4. The molecule has 0 N–H and O–H groups in total. The fraction of sp³-hybridized carbons (Fsp3) is 0.286. The van der Waals surface area contributed by atoms with Gasteiger partial charge in [-0.15, -0.1) is 11.3 Å². The summed E-state index contributed by atoms with van der Waals surface area (Å²) in [5.74, 6) is 0. The Bertz CT molecular complexity index is 581. The Labute approximate surface area is 110 Å². The fourth-order valence-corrected chi connectivity index (χ4v) is 2.92. The summed E-state index contributed by atoms with van der Waals surface area (Å²) < 4.78 is 5.15. The molecule has 0 aliphatic carbocycles. The Morgan fingerprint density at radius 1 is 1.33 bits per heavy atom. The maximum absolute atomic E-state index is 9.17. The fourth-order valence-electron chi connectivity index (χ4n) is 1.98. The predicted octanol–water partition coefficient (Wildman–Crippen LogP) is 2.89. The van der Waals surface area contributed by atoms with Crippen molar-refractivity contribution in [2.24, 2.45) is 5.41 Å². The minimum Gasteiger partial charge on any atom is -0.378 e. The summed E-state index contributed by atoms with van der Waals surface area (Å²) in [5.41, 5.74) is 1.77. The van der Waals surface area contributed by atoms with E-state index in [-0.39, 0.29) is 5.41 Å². The molecule has 18 heavy (non-hydrogen) atoms. The van der Waals surface area contributed by atoms with Crippen molar-refractivity contribution in [1.29, 1.82) is 5.26 Å². The van der Waals surface area contributed by atoms with Crippen LogP contribution in [-0.2, 0) is 11.2 Å². The van der Waals surface area contributed by atoms with Crippen LogP contribution in [0.2, 0.25) is 0 Å². The van der Waals surface area contributed by atoms with E-state index in [1.807, 2.05) is 30.3 Å². The zero-order valence-corrected chi connectivity index (χ0v) is 10.6. The van der Waals surface area contributed by atoms with Crippen LogP contribution in [0.1, 0.15) is 5.01 Å². The zero-order valence-electron chi connectivity index (χ0n) is 9.80. The third-order valence-corrected chi connectivity index (χ3v) is 3.95.